The van der Waals surface area contributed by atoms with Crippen molar-refractivity contribution in [1.82, 2.24) is 24.5 Å². The summed E-state index contributed by atoms with van der Waals surface area (Å²) in [5.41, 5.74) is 7.55. The van der Waals surface area contributed by atoms with E-state index in [-0.39, 0.29) is 0 Å². The molecule has 0 spiro atoms. The van der Waals surface area contributed by atoms with Crippen LogP contribution < -0.4 is 0 Å². The monoisotopic (exact) mass is 429 g/mol. The molecule has 0 saturated carbocycles. The molecule has 7 nitrogen and oxygen atoms in total. The normalized spacial score (nSPS) is 15.2. The zero-order chi connectivity index (χ0) is 22.4. The van der Waals surface area contributed by atoms with Crippen LogP contribution in [0.5, 0.6) is 0 Å². The number of hydrogen-bond acceptors (Lipinski definition) is 3. The second-order valence-corrected chi connectivity index (χ2v) is 8.83. The van der Waals surface area contributed by atoms with E-state index in [9.17, 15) is 9.90 Å². The number of carboxylic acid groups (broad SMARTS) is 1. The van der Waals surface area contributed by atoms with Gasteiger partial charge in [-0.2, -0.15) is 5.10 Å². The van der Waals surface area contributed by atoms with Crippen LogP contribution in [-0.2, 0) is 0 Å². The van der Waals surface area contributed by atoms with Gasteiger partial charge in [0.2, 0.25) is 0 Å². The number of likely N-dealkylation sites (tertiary alicyclic amines) is 1. The van der Waals surface area contributed by atoms with Crippen LogP contribution in [0.1, 0.15) is 55.2 Å². The molecule has 0 atom stereocenters. The number of amides is 1. The van der Waals surface area contributed by atoms with Crippen molar-refractivity contribution >= 4 is 28.7 Å². The van der Waals surface area contributed by atoms with Gasteiger partial charge in [0.25, 0.3) is 0 Å². The number of benzene rings is 1. The summed E-state index contributed by atoms with van der Waals surface area (Å²) in [5.74, 6) is 0.703. The number of fused-ring (bicyclic) bond motifs is 2. The molecule has 4 heterocycles. The number of carbonyl (C=O) groups is 1. The predicted octanol–water partition coefficient (Wildman–Crippen LogP) is 5.50. The Morgan fingerprint density at radius 1 is 1.28 bits per heavy atom. The minimum absolute atomic E-state index is 0.321. The summed E-state index contributed by atoms with van der Waals surface area (Å²) in [6.45, 7) is 9.56. The third-order valence-electron chi connectivity index (χ3n) is 6.59. The first-order chi connectivity index (χ1) is 15.5. The van der Waals surface area contributed by atoms with Gasteiger partial charge < -0.3 is 15.0 Å². The van der Waals surface area contributed by atoms with Gasteiger partial charge in [-0.15, -0.1) is 0 Å². The molecule has 1 aliphatic rings. The number of H-pyrrole nitrogens is 1. The Hall–Kier alpha value is -3.61. The lowest BCUT2D eigenvalue weighted by atomic mass is 9.87. The van der Waals surface area contributed by atoms with Crippen molar-refractivity contribution in [2.45, 2.75) is 38.5 Å². The average molecular weight is 430 g/mol. The fourth-order valence-electron chi connectivity index (χ4n) is 4.96. The molecule has 1 saturated heterocycles. The SMILES string of the molecule is C=Cc1cc(-c2[nH]c3ccc(C4CCN(C(=O)O)CC4)cc3c2C(C)C)cn2ncnc12. The Labute approximate surface area is 186 Å². The van der Waals surface area contributed by atoms with Gasteiger partial charge in [-0.25, -0.2) is 14.3 Å². The van der Waals surface area contributed by atoms with E-state index in [2.05, 4.69) is 59.8 Å². The maximum Gasteiger partial charge on any atom is 0.407 e. The third kappa shape index (κ3) is 3.34. The van der Waals surface area contributed by atoms with Crippen molar-refractivity contribution in [2.24, 2.45) is 0 Å². The van der Waals surface area contributed by atoms with Gasteiger partial charge >= 0.3 is 6.09 Å². The van der Waals surface area contributed by atoms with Crippen LogP contribution in [0.25, 0.3) is 33.9 Å². The van der Waals surface area contributed by atoms with Crippen molar-refractivity contribution in [3.05, 3.63) is 60.1 Å². The molecule has 32 heavy (non-hydrogen) atoms. The lowest BCUT2D eigenvalue weighted by Crippen LogP contribution is -2.36. The largest absolute Gasteiger partial charge is 0.465 e. The second-order valence-electron chi connectivity index (χ2n) is 8.83. The van der Waals surface area contributed by atoms with Gasteiger partial charge in [0, 0.05) is 41.3 Å². The van der Waals surface area contributed by atoms with Crippen molar-refractivity contribution in [2.75, 3.05) is 13.1 Å². The summed E-state index contributed by atoms with van der Waals surface area (Å²) in [5, 5.41) is 14.8. The van der Waals surface area contributed by atoms with Crippen molar-refractivity contribution < 1.29 is 9.90 Å². The molecule has 4 aromatic rings. The van der Waals surface area contributed by atoms with Crippen LogP contribution in [0.2, 0.25) is 0 Å². The minimum atomic E-state index is -0.820. The first-order valence-corrected chi connectivity index (χ1v) is 11.1. The molecular weight excluding hydrogens is 402 g/mol. The molecule has 1 aliphatic heterocycles. The first kappa shape index (κ1) is 20.3. The molecule has 164 valence electrons. The van der Waals surface area contributed by atoms with Crippen LogP contribution >= 0.6 is 0 Å². The molecule has 1 fully saturated rings. The van der Waals surface area contributed by atoms with Gasteiger partial charge in [-0.05, 0) is 54.0 Å². The molecule has 0 unspecified atom stereocenters. The number of aromatic nitrogens is 4. The Balaban J connectivity index is 1.59. The maximum absolute atomic E-state index is 11.2. The fourth-order valence-corrected chi connectivity index (χ4v) is 4.96. The quantitative estimate of drug-likeness (QED) is 0.448. The average Bonchev–Trinajstić information content (AvgIpc) is 3.42. The molecule has 2 N–H and O–H groups in total. The summed E-state index contributed by atoms with van der Waals surface area (Å²) in [6.07, 6.45) is 6.28. The van der Waals surface area contributed by atoms with E-state index >= 15 is 0 Å². The van der Waals surface area contributed by atoms with E-state index in [4.69, 9.17) is 0 Å². The van der Waals surface area contributed by atoms with Crippen molar-refractivity contribution in [3.8, 4) is 11.3 Å². The van der Waals surface area contributed by atoms with E-state index in [0.717, 1.165) is 40.8 Å². The molecule has 1 amide bonds. The first-order valence-electron chi connectivity index (χ1n) is 11.1. The highest BCUT2D eigenvalue weighted by Crippen LogP contribution is 2.38. The number of pyridine rings is 1. The number of nitrogens with one attached hydrogen (secondary N) is 1. The Kier molecular flexibility index (Phi) is 4.96. The Bertz CT molecular complexity index is 1330. The summed E-state index contributed by atoms with van der Waals surface area (Å²) < 4.78 is 1.80. The molecule has 1 aromatic carbocycles. The molecule has 7 heteroatoms. The highest BCUT2D eigenvalue weighted by atomic mass is 16.4. The highest BCUT2D eigenvalue weighted by Gasteiger charge is 2.25. The topological polar surface area (TPSA) is 86.5 Å². The lowest BCUT2D eigenvalue weighted by Gasteiger charge is -2.30. The summed E-state index contributed by atoms with van der Waals surface area (Å²) in [7, 11) is 0. The maximum atomic E-state index is 11.2. The lowest BCUT2D eigenvalue weighted by molar-refractivity contribution is 0.132. The van der Waals surface area contributed by atoms with Crippen LogP contribution in [0.3, 0.4) is 0 Å². The second kappa shape index (κ2) is 7.82. The van der Waals surface area contributed by atoms with Crippen molar-refractivity contribution in [3.63, 3.8) is 0 Å². The van der Waals surface area contributed by atoms with Crippen LogP contribution in [-0.4, -0.2) is 48.8 Å². The summed E-state index contributed by atoms with van der Waals surface area (Å²) in [6, 6.07) is 8.75. The molecule has 0 aliphatic carbocycles. The van der Waals surface area contributed by atoms with Crippen LogP contribution in [0, 0.1) is 0 Å². The van der Waals surface area contributed by atoms with E-state index in [1.54, 1.807) is 10.8 Å². The van der Waals surface area contributed by atoms with Crippen LogP contribution in [0.15, 0.2) is 43.4 Å². The zero-order valence-corrected chi connectivity index (χ0v) is 18.4. The highest BCUT2D eigenvalue weighted by molar-refractivity contribution is 5.92. The van der Waals surface area contributed by atoms with Gasteiger partial charge in [-0.1, -0.05) is 32.6 Å². The van der Waals surface area contributed by atoms with E-state index in [0.29, 0.717) is 24.9 Å². The standard InChI is InChI=1S/C25H27N5O2/c1-4-16-11-19(13-30-24(16)26-14-27-30)23-22(15(2)3)20-12-18(5-6-21(20)28-23)17-7-9-29(10-8-17)25(31)32/h4-6,11-15,17,28H,1,7-10H2,2-3H3,(H,31,32). The number of aromatic amines is 1. The Morgan fingerprint density at radius 2 is 2.06 bits per heavy atom. The molecule has 5 rings (SSSR count). The fraction of sp³-hybridized carbons (Fsp3) is 0.320. The van der Waals surface area contributed by atoms with Gasteiger partial charge in [0.1, 0.15) is 6.33 Å². The summed E-state index contributed by atoms with van der Waals surface area (Å²) >= 11 is 0. The van der Waals surface area contributed by atoms with Gasteiger partial charge in [0.15, 0.2) is 5.65 Å². The number of rotatable bonds is 4. The molecule has 0 radical (unpaired) electrons. The van der Waals surface area contributed by atoms with E-state index in [1.807, 2.05) is 12.3 Å². The smallest absolute Gasteiger partial charge is 0.407 e. The molecule has 3 aromatic heterocycles. The third-order valence-corrected chi connectivity index (χ3v) is 6.59. The van der Waals surface area contributed by atoms with Crippen molar-refractivity contribution in [1.29, 1.82) is 0 Å². The van der Waals surface area contributed by atoms with Crippen LogP contribution in [0.4, 0.5) is 4.79 Å². The summed E-state index contributed by atoms with van der Waals surface area (Å²) in [4.78, 5) is 20.7. The zero-order valence-electron chi connectivity index (χ0n) is 18.4. The Morgan fingerprint density at radius 3 is 2.75 bits per heavy atom. The number of hydrogen-bond donors (Lipinski definition) is 2. The minimum Gasteiger partial charge on any atom is -0.465 e. The molecule has 0 bridgehead atoms. The van der Waals surface area contributed by atoms with Gasteiger partial charge in [-0.3, -0.25) is 0 Å². The number of nitrogens with zero attached hydrogens (tertiary/aromatic N) is 4. The van der Waals surface area contributed by atoms with E-state index in [1.165, 1.54) is 21.4 Å². The molecular formula is C25H27N5O2. The van der Waals surface area contributed by atoms with Gasteiger partial charge in [0.05, 0.1) is 5.69 Å². The number of piperidine rings is 1. The van der Waals surface area contributed by atoms with E-state index < -0.39 is 6.09 Å². The predicted molar refractivity (Wildman–Crippen MR) is 126 cm³/mol.